The summed E-state index contributed by atoms with van der Waals surface area (Å²) in [6.07, 6.45) is 5.92. The van der Waals surface area contributed by atoms with Gasteiger partial charge in [0.15, 0.2) is 0 Å². The molecule has 0 saturated carbocycles. The van der Waals surface area contributed by atoms with Crippen LogP contribution in [0.1, 0.15) is 18.9 Å². The van der Waals surface area contributed by atoms with Gasteiger partial charge in [0.2, 0.25) is 0 Å². The summed E-state index contributed by atoms with van der Waals surface area (Å²) < 4.78 is 7.29. The Labute approximate surface area is 107 Å². The highest BCUT2D eigenvalue weighted by Gasteiger charge is 2.01. The van der Waals surface area contributed by atoms with Gasteiger partial charge in [0.1, 0.15) is 5.75 Å². The lowest BCUT2D eigenvalue weighted by Crippen LogP contribution is -1.99. The van der Waals surface area contributed by atoms with E-state index in [1.54, 1.807) is 0 Å². The fourth-order valence-electron chi connectivity index (χ4n) is 1.80. The molecule has 4 heteroatoms. The van der Waals surface area contributed by atoms with Gasteiger partial charge in [-0.1, -0.05) is 0 Å². The van der Waals surface area contributed by atoms with Crippen molar-refractivity contribution in [2.24, 2.45) is 5.73 Å². The lowest BCUT2D eigenvalue weighted by Gasteiger charge is -2.04. The molecule has 1 aromatic heterocycles. The molecule has 0 atom stereocenters. The van der Waals surface area contributed by atoms with Gasteiger partial charge in [0.25, 0.3) is 0 Å². The Morgan fingerprint density at radius 1 is 1.28 bits per heavy atom. The highest BCUT2D eigenvalue weighted by atomic mass is 16.5. The van der Waals surface area contributed by atoms with Crippen LogP contribution >= 0.6 is 0 Å². The lowest BCUT2D eigenvalue weighted by atomic mass is 10.2. The molecule has 0 unspecified atom stereocenters. The number of rotatable bonds is 6. The normalized spacial score (nSPS) is 10.6. The van der Waals surface area contributed by atoms with Crippen molar-refractivity contribution >= 4 is 0 Å². The second-order valence-electron chi connectivity index (χ2n) is 4.11. The first-order chi connectivity index (χ1) is 8.83. The Kier molecular flexibility index (Phi) is 4.36. The third kappa shape index (κ3) is 3.11. The van der Waals surface area contributed by atoms with E-state index < -0.39 is 0 Å². The highest BCUT2D eigenvalue weighted by molar-refractivity contribution is 5.37. The molecule has 0 aliphatic carbocycles. The first kappa shape index (κ1) is 12.6. The molecule has 0 aliphatic heterocycles. The maximum Gasteiger partial charge on any atom is 0.119 e. The van der Waals surface area contributed by atoms with Crippen molar-refractivity contribution in [2.45, 2.75) is 19.8 Å². The van der Waals surface area contributed by atoms with Crippen LogP contribution in [0.3, 0.4) is 0 Å². The zero-order chi connectivity index (χ0) is 12.8. The number of aryl methyl sites for hydroxylation is 1. The zero-order valence-corrected chi connectivity index (χ0v) is 10.7. The van der Waals surface area contributed by atoms with Crippen molar-refractivity contribution in [3.8, 4) is 11.4 Å². The monoisotopic (exact) mass is 245 g/mol. The summed E-state index contributed by atoms with van der Waals surface area (Å²) in [7, 11) is 0. The van der Waals surface area contributed by atoms with Gasteiger partial charge in [-0.3, -0.25) is 0 Å². The van der Waals surface area contributed by atoms with Crippen LogP contribution in [0.2, 0.25) is 0 Å². The summed E-state index contributed by atoms with van der Waals surface area (Å²) in [6.45, 7) is 3.38. The minimum Gasteiger partial charge on any atom is -0.494 e. The fourth-order valence-corrected chi connectivity index (χ4v) is 1.80. The Hall–Kier alpha value is -1.81. The van der Waals surface area contributed by atoms with Crippen molar-refractivity contribution in [3.63, 3.8) is 0 Å². The fraction of sp³-hybridized carbons (Fsp3) is 0.357. The average molecular weight is 245 g/mol. The molecule has 18 heavy (non-hydrogen) atoms. The summed E-state index contributed by atoms with van der Waals surface area (Å²) in [6, 6.07) is 7.93. The molecular formula is C14H19N3O. The number of hydrogen-bond acceptors (Lipinski definition) is 3. The number of nitrogens with two attached hydrogens (primary N) is 1. The molecule has 4 nitrogen and oxygen atoms in total. The molecule has 96 valence electrons. The van der Waals surface area contributed by atoms with E-state index in [0.717, 1.165) is 24.3 Å². The Morgan fingerprint density at radius 2 is 2.06 bits per heavy atom. The molecule has 2 rings (SSSR count). The quantitative estimate of drug-likeness (QED) is 0.848. The van der Waals surface area contributed by atoms with E-state index in [2.05, 4.69) is 5.10 Å². The number of aromatic nitrogens is 2. The van der Waals surface area contributed by atoms with Crippen LogP contribution in [-0.2, 0) is 6.42 Å². The van der Waals surface area contributed by atoms with E-state index in [-0.39, 0.29) is 0 Å². The molecule has 0 bridgehead atoms. The van der Waals surface area contributed by atoms with Crippen molar-refractivity contribution in [2.75, 3.05) is 13.2 Å². The predicted molar refractivity (Wildman–Crippen MR) is 72.1 cm³/mol. The zero-order valence-electron chi connectivity index (χ0n) is 10.7. The maximum atomic E-state index is 5.50. The van der Waals surface area contributed by atoms with E-state index in [1.807, 2.05) is 48.3 Å². The van der Waals surface area contributed by atoms with E-state index in [4.69, 9.17) is 10.5 Å². The van der Waals surface area contributed by atoms with Gasteiger partial charge in [-0.25, -0.2) is 4.68 Å². The minimum atomic E-state index is 0.685. The van der Waals surface area contributed by atoms with Crippen molar-refractivity contribution in [1.29, 1.82) is 0 Å². The van der Waals surface area contributed by atoms with E-state index in [0.29, 0.717) is 13.2 Å². The third-order valence-corrected chi connectivity index (χ3v) is 2.72. The maximum absolute atomic E-state index is 5.50. The molecule has 2 aromatic rings. The summed E-state index contributed by atoms with van der Waals surface area (Å²) in [4.78, 5) is 0. The van der Waals surface area contributed by atoms with Gasteiger partial charge in [-0.05, 0) is 56.1 Å². The Morgan fingerprint density at radius 3 is 2.72 bits per heavy atom. The van der Waals surface area contributed by atoms with Crippen LogP contribution in [0.4, 0.5) is 0 Å². The average Bonchev–Trinajstić information content (AvgIpc) is 2.86. The molecule has 2 N–H and O–H groups in total. The predicted octanol–water partition coefficient (Wildman–Crippen LogP) is 2.16. The summed E-state index contributed by atoms with van der Waals surface area (Å²) in [5.41, 5.74) is 7.75. The van der Waals surface area contributed by atoms with Crippen molar-refractivity contribution < 1.29 is 4.74 Å². The van der Waals surface area contributed by atoms with Crippen molar-refractivity contribution in [3.05, 3.63) is 42.2 Å². The third-order valence-electron chi connectivity index (χ3n) is 2.72. The summed E-state index contributed by atoms with van der Waals surface area (Å²) in [5, 5.41) is 4.35. The SMILES string of the molecule is CCOc1ccc(-n2cc(CCCN)cn2)cc1. The standard InChI is InChI=1S/C14H19N3O/c1-2-18-14-7-5-13(6-8-14)17-11-12(10-16-17)4-3-9-15/h5-8,10-11H,2-4,9,15H2,1H3. The van der Waals surface area contributed by atoms with Crippen molar-refractivity contribution in [1.82, 2.24) is 9.78 Å². The lowest BCUT2D eigenvalue weighted by molar-refractivity contribution is 0.340. The van der Waals surface area contributed by atoms with Crippen LogP contribution in [0.5, 0.6) is 5.75 Å². The molecule has 1 aromatic carbocycles. The first-order valence-corrected chi connectivity index (χ1v) is 6.30. The number of hydrogen-bond donors (Lipinski definition) is 1. The molecule has 1 heterocycles. The van der Waals surface area contributed by atoms with Crippen LogP contribution in [0.25, 0.3) is 5.69 Å². The minimum absolute atomic E-state index is 0.685. The second kappa shape index (κ2) is 6.21. The van der Waals surface area contributed by atoms with Gasteiger partial charge in [-0.15, -0.1) is 0 Å². The Bertz CT molecular complexity index is 476. The molecule has 0 radical (unpaired) electrons. The molecule has 0 fully saturated rings. The van der Waals surface area contributed by atoms with Crippen LogP contribution in [-0.4, -0.2) is 22.9 Å². The molecule has 0 aliphatic rings. The van der Waals surface area contributed by atoms with Gasteiger partial charge in [0.05, 0.1) is 18.5 Å². The van der Waals surface area contributed by atoms with Crippen LogP contribution in [0, 0.1) is 0 Å². The largest absolute Gasteiger partial charge is 0.494 e. The number of ether oxygens (including phenoxy) is 1. The van der Waals surface area contributed by atoms with Gasteiger partial charge in [-0.2, -0.15) is 5.10 Å². The Balaban J connectivity index is 2.08. The number of benzene rings is 1. The number of nitrogens with zero attached hydrogens (tertiary/aromatic N) is 2. The summed E-state index contributed by atoms with van der Waals surface area (Å²) >= 11 is 0. The van der Waals surface area contributed by atoms with Gasteiger partial charge >= 0.3 is 0 Å². The molecule has 0 spiro atoms. The van der Waals surface area contributed by atoms with Gasteiger partial charge in [0, 0.05) is 6.20 Å². The topological polar surface area (TPSA) is 53.1 Å². The summed E-state index contributed by atoms with van der Waals surface area (Å²) in [5.74, 6) is 0.886. The highest BCUT2D eigenvalue weighted by Crippen LogP contribution is 2.15. The van der Waals surface area contributed by atoms with Crippen LogP contribution in [0.15, 0.2) is 36.7 Å². The smallest absolute Gasteiger partial charge is 0.119 e. The second-order valence-corrected chi connectivity index (χ2v) is 4.11. The van der Waals surface area contributed by atoms with Crippen LogP contribution < -0.4 is 10.5 Å². The van der Waals surface area contributed by atoms with E-state index >= 15 is 0 Å². The van der Waals surface area contributed by atoms with E-state index in [9.17, 15) is 0 Å². The molecular weight excluding hydrogens is 226 g/mol. The molecule has 0 amide bonds. The first-order valence-electron chi connectivity index (χ1n) is 6.30. The van der Waals surface area contributed by atoms with E-state index in [1.165, 1.54) is 5.56 Å². The molecule has 0 saturated heterocycles. The van der Waals surface area contributed by atoms with Gasteiger partial charge < -0.3 is 10.5 Å².